The Kier molecular flexibility index (Phi) is 59.3. The third-order valence-electron chi connectivity index (χ3n) is 15.6. The van der Waals surface area contributed by atoms with Crippen LogP contribution in [0.15, 0.2) is 0 Å². The molecule has 0 radical (unpaired) electrons. The first kappa shape index (κ1) is 80.0. The van der Waals surface area contributed by atoms with Gasteiger partial charge in [-0.1, -0.05) is 319 Å². The molecule has 80 heavy (non-hydrogen) atoms. The molecule has 0 aromatic rings. The summed E-state index contributed by atoms with van der Waals surface area (Å²) in [5, 5.41) is 0.883. The van der Waals surface area contributed by atoms with Gasteiger partial charge in [-0.2, -0.15) is 0 Å². The van der Waals surface area contributed by atoms with Gasteiger partial charge in [0.25, 0.3) is 0 Å². The van der Waals surface area contributed by atoms with Gasteiger partial charge >= 0.3 is 25.7 Å². The number of carbonyl (C=O) groups is 3. The SMILES string of the molecule is CCCCCCCCCCCCCCCCC(CC(CBr)OP(=O)(OC(CBr)CC(CCCCCCCCCCCCCCCC)OC(C)=O)OC(CBr)CC(CCCCCCCCCCCCCCCC)OC(C)=O)OC(C)=O. The Morgan fingerprint density at radius 3 is 0.600 bits per heavy atom. The van der Waals surface area contributed by atoms with E-state index in [2.05, 4.69) is 68.6 Å². The van der Waals surface area contributed by atoms with Crippen molar-refractivity contribution in [2.75, 3.05) is 16.0 Å². The quantitative estimate of drug-likeness (QED) is 0.0191. The Hall–Kier alpha value is -0.0400. The molecule has 6 atom stereocenters. The number of unbranched alkanes of at least 4 members (excludes halogenated alkanes) is 39. The fraction of sp³-hybridized carbons (Fsp3) is 0.955. The van der Waals surface area contributed by atoms with Crippen LogP contribution in [0.4, 0.5) is 0 Å². The van der Waals surface area contributed by atoms with Crippen molar-refractivity contribution in [3.05, 3.63) is 0 Å². The summed E-state index contributed by atoms with van der Waals surface area (Å²) in [7, 11) is -4.40. The summed E-state index contributed by atoms with van der Waals surface area (Å²) in [5.41, 5.74) is 0. The minimum atomic E-state index is -4.40. The van der Waals surface area contributed by atoms with Gasteiger partial charge in [-0.3, -0.25) is 28.0 Å². The highest BCUT2D eigenvalue weighted by molar-refractivity contribution is 9.09. The van der Waals surface area contributed by atoms with Crippen molar-refractivity contribution in [1.82, 2.24) is 0 Å². The fourth-order valence-electron chi connectivity index (χ4n) is 11.0. The van der Waals surface area contributed by atoms with Crippen LogP contribution in [0, 0.1) is 0 Å². The van der Waals surface area contributed by atoms with E-state index in [1.807, 2.05) is 0 Å². The van der Waals surface area contributed by atoms with E-state index in [0.717, 1.165) is 57.8 Å². The molecule has 0 fully saturated rings. The van der Waals surface area contributed by atoms with Gasteiger partial charge in [0.15, 0.2) is 0 Å². The average molecular weight is 1350 g/mol. The molecule has 10 nitrogen and oxygen atoms in total. The number of alkyl halides is 3. The molecule has 0 bridgehead atoms. The zero-order chi connectivity index (χ0) is 59.0. The van der Waals surface area contributed by atoms with E-state index in [9.17, 15) is 14.4 Å². The van der Waals surface area contributed by atoms with Crippen molar-refractivity contribution in [2.24, 2.45) is 0 Å². The maximum absolute atomic E-state index is 15.4. The van der Waals surface area contributed by atoms with Crippen LogP contribution >= 0.6 is 55.6 Å². The number of ether oxygens (including phenoxy) is 3. The second kappa shape index (κ2) is 59.3. The standard InChI is InChI=1S/C66H126Br3O10P/c1-7-10-13-16-19-22-25-28-31-34-37-40-43-46-49-61(74-58(4)70)52-64(55-67)77-80(73,78-65(56-68)53-62(75-59(5)71)50-47-44-41-38-35-32-29-26-23-20-17-14-11-8-2)79-66(57-69)54-63(76-60(6)72)51-48-45-42-39-36-33-30-27-24-21-18-15-12-9-3/h61-66H,7-57H2,1-6H3. The van der Waals surface area contributed by atoms with Crippen LogP contribution in [-0.4, -0.2) is 70.5 Å². The zero-order valence-corrected chi connectivity index (χ0v) is 58.3. The lowest BCUT2D eigenvalue weighted by Gasteiger charge is -2.32. The molecule has 0 aromatic carbocycles. The molecule has 0 spiro atoms. The van der Waals surface area contributed by atoms with E-state index in [4.69, 9.17) is 27.8 Å². The summed E-state index contributed by atoms with van der Waals surface area (Å²) in [6.07, 6.45) is 52.3. The fourth-order valence-corrected chi connectivity index (χ4v) is 14.5. The van der Waals surface area contributed by atoms with Gasteiger partial charge < -0.3 is 14.2 Å². The van der Waals surface area contributed by atoms with Gasteiger partial charge in [-0.15, -0.1) is 0 Å². The molecule has 0 saturated heterocycles. The van der Waals surface area contributed by atoms with Gasteiger partial charge in [-0.25, -0.2) is 4.57 Å². The molecule has 0 heterocycles. The van der Waals surface area contributed by atoms with Crippen LogP contribution < -0.4 is 0 Å². The summed E-state index contributed by atoms with van der Waals surface area (Å²) >= 11 is 10.9. The first-order valence-corrected chi connectivity index (χ1v) is 38.5. The summed E-state index contributed by atoms with van der Waals surface area (Å²) in [5.74, 6) is -1.10. The second-order valence-corrected chi connectivity index (χ2v) is 27.1. The lowest BCUT2D eigenvalue weighted by atomic mass is 10.0. The third-order valence-corrected chi connectivity index (χ3v) is 19.4. The minimum Gasteiger partial charge on any atom is -0.462 e. The highest BCUT2D eigenvalue weighted by Crippen LogP contribution is 2.55. The van der Waals surface area contributed by atoms with Gasteiger partial charge in [0.1, 0.15) is 18.3 Å². The Morgan fingerprint density at radius 2 is 0.450 bits per heavy atom. The van der Waals surface area contributed by atoms with Crippen molar-refractivity contribution >= 4 is 73.5 Å². The Labute approximate surface area is 519 Å². The number of phosphoric acid groups is 1. The summed E-state index contributed by atoms with van der Waals surface area (Å²) in [4.78, 5) is 37.4. The van der Waals surface area contributed by atoms with Crippen LogP contribution in [0.25, 0.3) is 0 Å². The smallest absolute Gasteiger partial charge is 0.462 e. The third kappa shape index (κ3) is 53.4. The molecular weight excluding hydrogens is 1220 g/mol. The molecule has 0 saturated carbocycles. The molecule has 476 valence electrons. The Bertz CT molecular complexity index is 1270. The number of rotatable bonds is 63. The minimum absolute atomic E-state index is 0.294. The van der Waals surface area contributed by atoms with Crippen molar-refractivity contribution in [2.45, 2.75) is 386 Å². The first-order chi connectivity index (χ1) is 38.8. The highest BCUT2D eigenvalue weighted by Gasteiger charge is 2.39. The summed E-state index contributed by atoms with van der Waals surface area (Å²) < 4.78 is 52.5. The van der Waals surface area contributed by atoms with E-state index in [1.165, 1.54) is 233 Å². The molecule has 0 amide bonds. The van der Waals surface area contributed by atoms with Crippen molar-refractivity contribution in [3.8, 4) is 0 Å². The molecular formula is C66H126Br3O10P. The van der Waals surface area contributed by atoms with Gasteiger partial charge in [0.2, 0.25) is 0 Å². The maximum Gasteiger partial charge on any atom is 0.475 e. The highest BCUT2D eigenvalue weighted by atomic mass is 79.9. The lowest BCUT2D eigenvalue weighted by Crippen LogP contribution is -2.31. The van der Waals surface area contributed by atoms with Gasteiger partial charge in [0, 0.05) is 56.0 Å². The van der Waals surface area contributed by atoms with Crippen molar-refractivity contribution in [1.29, 1.82) is 0 Å². The summed E-state index contributed by atoms with van der Waals surface area (Å²) in [6, 6.07) is 0. The monoisotopic (exact) mass is 1350 g/mol. The molecule has 0 aliphatic rings. The number of halogens is 3. The number of carbonyl (C=O) groups excluding carboxylic acids is 3. The summed E-state index contributed by atoms with van der Waals surface area (Å²) in [6.45, 7) is 11.1. The largest absolute Gasteiger partial charge is 0.475 e. The van der Waals surface area contributed by atoms with Crippen molar-refractivity contribution in [3.63, 3.8) is 0 Å². The number of esters is 3. The van der Waals surface area contributed by atoms with Crippen LogP contribution in [0.1, 0.15) is 350 Å². The average Bonchev–Trinajstić information content (AvgIpc) is 3.41. The molecule has 0 rings (SSSR count). The first-order valence-electron chi connectivity index (χ1n) is 33.7. The molecule has 14 heteroatoms. The lowest BCUT2D eigenvalue weighted by molar-refractivity contribution is -0.148. The van der Waals surface area contributed by atoms with E-state index in [1.54, 1.807) is 0 Å². The Morgan fingerprint density at radius 1 is 0.287 bits per heavy atom. The van der Waals surface area contributed by atoms with Crippen LogP contribution in [0.3, 0.4) is 0 Å². The van der Waals surface area contributed by atoms with E-state index < -0.39 is 44.4 Å². The topological polar surface area (TPSA) is 124 Å². The van der Waals surface area contributed by atoms with Crippen LogP contribution in [0.5, 0.6) is 0 Å². The van der Waals surface area contributed by atoms with Crippen LogP contribution in [0.2, 0.25) is 0 Å². The van der Waals surface area contributed by atoms with E-state index in [-0.39, 0.29) is 17.9 Å². The molecule has 6 unspecified atom stereocenters. The molecule has 0 aliphatic heterocycles. The second-order valence-electron chi connectivity index (χ2n) is 23.6. The normalized spacial score (nSPS) is 14.8. The zero-order valence-electron chi connectivity index (χ0n) is 52.7. The predicted molar refractivity (Wildman–Crippen MR) is 349 cm³/mol. The number of hydrogen-bond acceptors (Lipinski definition) is 10. The molecule has 0 N–H and O–H groups in total. The van der Waals surface area contributed by atoms with E-state index in [0.29, 0.717) is 54.5 Å². The van der Waals surface area contributed by atoms with Gasteiger partial charge in [0.05, 0.1) is 18.3 Å². The predicted octanol–water partition coefficient (Wildman–Crippen LogP) is 23.0. The number of phosphoric ester groups is 1. The molecule has 0 aromatic heterocycles. The van der Waals surface area contributed by atoms with E-state index >= 15 is 4.57 Å². The van der Waals surface area contributed by atoms with Crippen LogP contribution in [-0.2, 0) is 46.7 Å². The molecule has 0 aliphatic carbocycles. The van der Waals surface area contributed by atoms with Crippen molar-refractivity contribution < 1.29 is 46.7 Å². The Balaban J connectivity index is 5.86. The van der Waals surface area contributed by atoms with Gasteiger partial charge in [-0.05, 0) is 38.5 Å². The maximum atomic E-state index is 15.4. The number of hydrogen-bond donors (Lipinski definition) is 0.